The van der Waals surface area contributed by atoms with Crippen molar-refractivity contribution >= 4 is 28.5 Å². The first-order valence-corrected chi connectivity index (χ1v) is 6.50. The molecule has 1 rings (SSSR count). The zero-order valence-corrected chi connectivity index (χ0v) is 12.4. The van der Waals surface area contributed by atoms with Crippen LogP contribution in [-0.4, -0.2) is 32.8 Å². The molecule has 0 bridgehead atoms. The number of carbonyl (C=O) groups is 2. The molecule has 0 saturated carbocycles. The van der Waals surface area contributed by atoms with E-state index in [1.165, 1.54) is 11.3 Å². The number of aryl methyl sites for hydroxylation is 1. The third kappa shape index (κ3) is 3.40. The van der Waals surface area contributed by atoms with E-state index in [-0.39, 0.29) is 0 Å². The largest absolute Gasteiger partial charge is 0.481 e. The van der Waals surface area contributed by atoms with E-state index >= 15 is 0 Å². The number of rotatable bonds is 4. The number of aromatic nitrogens is 2. The lowest BCUT2D eigenvalue weighted by Gasteiger charge is -2.38. The molecule has 0 aromatic carbocycles. The topological polar surface area (TPSA) is 104 Å². The van der Waals surface area contributed by atoms with Crippen LogP contribution in [0.3, 0.4) is 0 Å². The zero-order chi connectivity index (χ0) is 14.8. The summed E-state index contributed by atoms with van der Waals surface area (Å²) in [6.45, 7) is 8.21. The molecule has 0 saturated heterocycles. The number of nitrogens with zero attached hydrogens (tertiary/aromatic N) is 2. The highest BCUT2D eigenvalue weighted by Crippen LogP contribution is 2.30. The van der Waals surface area contributed by atoms with Crippen LogP contribution >= 0.6 is 11.3 Å². The summed E-state index contributed by atoms with van der Waals surface area (Å²) in [6, 6.07) is -0.504. The van der Waals surface area contributed by atoms with Crippen LogP contribution in [0.1, 0.15) is 32.7 Å². The van der Waals surface area contributed by atoms with Gasteiger partial charge in [0, 0.05) is 0 Å². The van der Waals surface area contributed by atoms with Gasteiger partial charge in [0.15, 0.2) is 0 Å². The van der Waals surface area contributed by atoms with Crippen LogP contribution in [0.4, 0.5) is 9.93 Å². The summed E-state index contributed by atoms with van der Waals surface area (Å²) in [7, 11) is 0. The molecule has 0 unspecified atom stereocenters. The average Bonchev–Trinajstić information content (AvgIpc) is 2.62. The summed E-state index contributed by atoms with van der Waals surface area (Å²) in [5, 5.41) is 23.0. The fourth-order valence-electron chi connectivity index (χ4n) is 1.18. The fourth-order valence-corrected chi connectivity index (χ4v) is 1.77. The van der Waals surface area contributed by atoms with E-state index in [2.05, 4.69) is 20.8 Å². The molecule has 0 aliphatic heterocycles. The number of hydrogen-bond donors (Lipinski definition) is 3. The minimum atomic E-state index is -1.11. The van der Waals surface area contributed by atoms with Crippen molar-refractivity contribution in [3.05, 3.63) is 5.01 Å². The van der Waals surface area contributed by atoms with Gasteiger partial charge < -0.3 is 10.4 Å². The van der Waals surface area contributed by atoms with E-state index < -0.39 is 23.0 Å². The van der Waals surface area contributed by atoms with Gasteiger partial charge in [0.2, 0.25) is 5.13 Å². The van der Waals surface area contributed by atoms with Crippen molar-refractivity contribution in [1.29, 1.82) is 0 Å². The highest BCUT2D eigenvalue weighted by atomic mass is 32.1. The summed E-state index contributed by atoms with van der Waals surface area (Å²) in [4.78, 5) is 23.0. The highest BCUT2D eigenvalue weighted by Gasteiger charge is 2.44. The Kier molecular flexibility index (Phi) is 4.14. The third-order valence-electron chi connectivity index (χ3n) is 3.27. The van der Waals surface area contributed by atoms with E-state index in [1.54, 1.807) is 34.6 Å². The van der Waals surface area contributed by atoms with Crippen molar-refractivity contribution < 1.29 is 14.7 Å². The smallest absolute Gasteiger partial charge is 0.321 e. The Bertz CT molecular complexity index is 496. The Morgan fingerprint density at radius 1 is 1.21 bits per heavy atom. The Hall–Kier alpha value is -1.70. The Morgan fingerprint density at radius 3 is 2.21 bits per heavy atom. The average molecular weight is 286 g/mol. The van der Waals surface area contributed by atoms with E-state index in [1.807, 2.05) is 0 Å². The molecule has 0 radical (unpaired) electrons. The number of anilines is 1. The molecular formula is C11H18N4O3S. The van der Waals surface area contributed by atoms with Gasteiger partial charge >= 0.3 is 12.0 Å². The van der Waals surface area contributed by atoms with Gasteiger partial charge in [0.25, 0.3) is 0 Å². The van der Waals surface area contributed by atoms with Crippen LogP contribution in [0, 0.1) is 12.3 Å². The molecule has 0 aliphatic rings. The first-order chi connectivity index (χ1) is 8.56. The number of amides is 2. The Morgan fingerprint density at radius 2 is 1.79 bits per heavy atom. The van der Waals surface area contributed by atoms with Crippen LogP contribution in [0.2, 0.25) is 0 Å². The number of aliphatic carboxylic acids is 1. The number of nitrogens with one attached hydrogen (secondary N) is 2. The van der Waals surface area contributed by atoms with Crippen molar-refractivity contribution in [2.24, 2.45) is 5.41 Å². The molecule has 0 atom stereocenters. The second kappa shape index (κ2) is 5.12. The molecule has 106 valence electrons. The molecule has 1 aromatic rings. The first-order valence-electron chi connectivity index (χ1n) is 5.69. The molecule has 3 N–H and O–H groups in total. The molecule has 1 aromatic heterocycles. The van der Waals surface area contributed by atoms with Gasteiger partial charge in [-0.15, -0.1) is 10.2 Å². The molecule has 0 fully saturated rings. The van der Waals surface area contributed by atoms with Crippen molar-refractivity contribution in [2.75, 3.05) is 5.32 Å². The number of urea groups is 1. The van der Waals surface area contributed by atoms with Crippen LogP contribution in [0.5, 0.6) is 0 Å². The molecule has 19 heavy (non-hydrogen) atoms. The monoisotopic (exact) mass is 286 g/mol. The lowest BCUT2D eigenvalue weighted by atomic mass is 9.74. The maximum atomic E-state index is 11.8. The van der Waals surface area contributed by atoms with Gasteiger partial charge in [0.1, 0.15) is 5.01 Å². The van der Waals surface area contributed by atoms with Gasteiger partial charge in [-0.1, -0.05) is 11.3 Å². The van der Waals surface area contributed by atoms with E-state index in [9.17, 15) is 14.7 Å². The summed E-state index contributed by atoms with van der Waals surface area (Å²) in [5.41, 5.74) is -2.04. The maximum Gasteiger partial charge on any atom is 0.321 e. The predicted octanol–water partition coefficient (Wildman–Crippen LogP) is 1.86. The molecule has 2 amide bonds. The Balaban J connectivity index is 2.73. The van der Waals surface area contributed by atoms with Crippen molar-refractivity contribution in [3.8, 4) is 0 Å². The number of carbonyl (C=O) groups excluding carboxylic acids is 1. The van der Waals surface area contributed by atoms with Crippen molar-refractivity contribution in [2.45, 2.75) is 40.2 Å². The second-order valence-corrected chi connectivity index (χ2v) is 6.44. The van der Waals surface area contributed by atoms with Crippen LogP contribution in [-0.2, 0) is 4.79 Å². The van der Waals surface area contributed by atoms with Crippen LogP contribution in [0.15, 0.2) is 0 Å². The molecule has 8 heteroatoms. The van der Waals surface area contributed by atoms with Gasteiger partial charge in [-0.3, -0.25) is 10.1 Å². The third-order valence-corrected chi connectivity index (χ3v) is 4.02. The van der Waals surface area contributed by atoms with Gasteiger partial charge in [-0.25, -0.2) is 4.79 Å². The molecular weight excluding hydrogens is 268 g/mol. The van der Waals surface area contributed by atoms with Crippen LogP contribution < -0.4 is 10.6 Å². The van der Waals surface area contributed by atoms with Gasteiger partial charge in [-0.2, -0.15) is 0 Å². The molecule has 0 aliphatic carbocycles. The minimum absolute atomic E-state index is 0.374. The van der Waals surface area contributed by atoms with E-state index in [0.29, 0.717) is 5.13 Å². The highest BCUT2D eigenvalue weighted by molar-refractivity contribution is 7.15. The van der Waals surface area contributed by atoms with E-state index in [4.69, 9.17) is 0 Å². The normalized spacial score (nSPS) is 12.1. The zero-order valence-electron chi connectivity index (χ0n) is 11.6. The quantitative estimate of drug-likeness (QED) is 0.783. The lowest BCUT2D eigenvalue weighted by Crippen LogP contribution is -2.57. The van der Waals surface area contributed by atoms with E-state index in [0.717, 1.165) is 5.01 Å². The predicted molar refractivity (Wildman–Crippen MR) is 72.3 cm³/mol. The molecule has 7 nitrogen and oxygen atoms in total. The summed E-state index contributed by atoms with van der Waals surface area (Å²) >= 11 is 1.25. The maximum absolute atomic E-state index is 11.8. The van der Waals surface area contributed by atoms with Crippen molar-refractivity contribution in [1.82, 2.24) is 15.5 Å². The summed E-state index contributed by atoms with van der Waals surface area (Å²) < 4.78 is 0. The minimum Gasteiger partial charge on any atom is -0.481 e. The Labute approximate surface area is 115 Å². The summed E-state index contributed by atoms with van der Waals surface area (Å²) in [6.07, 6.45) is 0. The standard InChI is InChI=1S/C11H18N4O3S/c1-6-14-15-9(19-6)12-8(18)13-11(4,5)10(2,3)7(16)17/h1-5H3,(H,16,17)(H2,12,13,15,18). The molecule has 1 heterocycles. The first kappa shape index (κ1) is 15.4. The SMILES string of the molecule is Cc1nnc(NC(=O)NC(C)(C)C(C)(C)C(=O)O)s1. The number of hydrogen-bond acceptors (Lipinski definition) is 5. The lowest BCUT2D eigenvalue weighted by molar-refractivity contribution is -0.150. The number of carboxylic acid groups (broad SMARTS) is 1. The molecule has 0 spiro atoms. The van der Waals surface area contributed by atoms with Crippen molar-refractivity contribution in [3.63, 3.8) is 0 Å². The fraction of sp³-hybridized carbons (Fsp3) is 0.636. The number of carboxylic acids is 1. The van der Waals surface area contributed by atoms with Gasteiger partial charge in [-0.05, 0) is 34.6 Å². The second-order valence-electron chi connectivity index (χ2n) is 5.26. The van der Waals surface area contributed by atoms with Gasteiger partial charge in [0.05, 0.1) is 11.0 Å². The summed E-state index contributed by atoms with van der Waals surface area (Å²) in [5.74, 6) is -0.982. The van der Waals surface area contributed by atoms with Crippen LogP contribution in [0.25, 0.3) is 0 Å².